The van der Waals surface area contributed by atoms with Crippen molar-refractivity contribution in [3.63, 3.8) is 0 Å². The molecule has 0 aliphatic carbocycles. The van der Waals surface area contributed by atoms with E-state index in [0.29, 0.717) is 26.1 Å². The number of nitrogens with one attached hydrogen (secondary N) is 2. The fourth-order valence-corrected chi connectivity index (χ4v) is 1.62. The maximum atomic E-state index is 11.7. The Balaban J connectivity index is 3.97. The van der Waals surface area contributed by atoms with Crippen molar-refractivity contribution in [2.24, 2.45) is 0 Å². The minimum Gasteiger partial charge on any atom is -0.480 e. The molecule has 110 valence electrons. The Bertz CT molecular complexity index is 316. The largest absolute Gasteiger partial charge is 0.480 e. The second-order valence-electron chi connectivity index (χ2n) is 4.11. The summed E-state index contributed by atoms with van der Waals surface area (Å²) in [7, 11) is 0. The average Bonchev–Trinajstić information content (AvgIpc) is 2.33. The zero-order valence-electron chi connectivity index (χ0n) is 11.7. The third kappa shape index (κ3) is 7.40. The van der Waals surface area contributed by atoms with E-state index in [2.05, 4.69) is 10.6 Å². The van der Waals surface area contributed by atoms with Crippen LogP contribution in [-0.2, 0) is 14.4 Å². The Morgan fingerprint density at radius 2 is 1.79 bits per heavy atom. The zero-order chi connectivity index (χ0) is 14.8. The summed E-state index contributed by atoms with van der Waals surface area (Å²) < 4.78 is 0. The van der Waals surface area contributed by atoms with Crippen LogP contribution < -0.4 is 10.6 Å². The van der Waals surface area contributed by atoms with E-state index in [0.717, 1.165) is 0 Å². The molecule has 0 rings (SSSR count). The monoisotopic (exact) mass is 273 g/mol. The Morgan fingerprint density at radius 1 is 1.21 bits per heavy atom. The normalized spacial score (nSPS) is 11.7. The third-order valence-electron chi connectivity index (χ3n) is 2.66. The Kier molecular flexibility index (Phi) is 8.52. The quantitative estimate of drug-likeness (QED) is 0.488. The average molecular weight is 273 g/mol. The summed E-state index contributed by atoms with van der Waals surface area (Å²) in [5.74, 6) is -1.46. The van der Waals surface area contributed by atoms with Crippen LogP contribution >= 0.6 is 0 Å². The summed E-state index contributed by atoms with van der Waals surface area (Å²) in [5, 5.41) is 14.0. The molecular formula is C12H23N3O4. The Labute approximate surface area is 113 Å². The molecule has 0 aromatic carbocycles. The fourth-order valence-electron chi connectivity index (χ4n) is 1.62. The molecule has 0 saturated heterocycles. The summed E-state index contributed by atoms with van der Waals surface area (Å²) in [6.45, 7) is 6.90. The molecule has 7 heteroatoms. The molecular weight excluding hydrogens is 250 g/mol. The third-order valence-corrected chi connectivity index (χ3v) is 2.66. The van der Waals surface area contributed by atoms with Crippen molar-refractivity contribution in [1.29, 1.82) is 0 Å². The highest BCUT2D eigenvalue weighted by atomic mass is 16.4. The Hall–Kier alpha value is -1.63. The van der Waals surface area contributed by atoms with Gasteiger partial charge in [-0.2, -0.15) is 0 Å². The summed E-state index contributed by atoms with van der Waals surface area (Å²) >= 11 is 0. The number of carboxylic acids is 1. The molecule has 0 aromatic rings. The molecule has 0 radical (unpaired) electrons. The first kappa shape index (κ1) is 17.4. The number of carboxylic acid groups (broad SMARTS) is 1. The van der Waals surface area contributed by atoms with Gasteiger partial charge in [0.05, 0.1) is 0 Å². The van der Waals surface area contributed by atoms with E-state index in [1.54, 1.807) is 4.90 Å². The topological polar surface area (TPSA) is 98.7 Å². The molecule has 0 aromatic heterocycles. The molecule has 1 atom stereocenters. The van der Waals surface area contributed by atoms with E-state index in [9.17, 15) is 14.4 Å². The van der Waals surface area contributed by atoms with Crippen LogP contribution in [0.1, 0.15) is 27.2 Å². The molecule has 1 unspecified atom stereocenters. The lowest BCUT2D eigenvalue weighted by molar-refractivity contribution is -0.141. The fraction of sp³-hybridized carbons (Fsp3) is 0.750. The number of hydrogen-bond acceptors (Lipinski definition) is 4. The maximum absolute atomic E-state index is 11.7. The smallest absolute Gasteiger partial charge is 0.327 e. The van der Waals surface area contributed by atoms with E-state index in [1.165, 1.54) is 6.92 Å². The minimum atomic E-state index is -1.10. The second-order valence-corrected chi connectivity index (χ2v) is 4.11. The summed E-state index contributed by atoms with van der Waals surface area (Å²) in [4.78, 5) is 35.0. The van der Waals surface area contributed by atoms with E-state index in [1.807, 2.05) is 13.8 Å². The van der Waals surface area contributed by atoms with Crippen molar-refractivity contribution < 1.29 is 19.5 Å². The number of hydrogen-bond donors (Lipinski definition) is 3. The molecule has 0 aliphatic heterocycles. The van der Waals surface area contributed by atoms with Gasteiger partial charge in [-0.05, 0) is 13.8 Å². The number of nitrogens with zero attached hydrogens (tertiary/aromatic N) is 1. The van der Waals surface area contributed by atoms with Crippen LogP contribution in [0.3, 0.4) is 0 Å². The van der Waals surface area contributed by atoms with Crippen molar-refractivity contribution in [2.75, 3.05) is 26.2 Å². The lowest BCUT2D eigenvalue weighted by Crippen LogP contribution is -2.47. The van der Waals surface area contributed by atoms with Gasteiger partial charge in [0, 0.05) is 39.5 Å². The highest BCUT2D eigenvalue weighted by molar-refractivity contribution is 5.82. The molecule has 0 bridgehead atoms. The van der Waals surface area contributed by atoms with Gasteiger partial charge in [-0.3, -0.25) is 9.59 Å². The first-order chi connectivity index (χ1) is 8.92. The van der Waals surface area contributed by atoms with Gasteiger partial charge < -0.3 is 20.6 Å². The van der Waals surface area contributed by atoms with Crippen LogP contribution in [-0.4, -0.2) is 60.0 Å². The number of carbonyl (C=O) groups excluding carboxylic acids is 2. The molecule has 0 aliphatic rings. The van der Waals surface area contributed by atoms with E-state index in [4.69, 9.17) is 5.11 Å². The van der Waals surface area contributed by atoms with Gasteiger partial charge >= 0.3 is 5.97 Å². The number of aliphatic carboxylic acids is 1. The van der Waals surface area contributed by atoms with E-state index >= 15 is 0 Å². The second kappa shape index (κ2) is 9.32. The van der Waals surface area contributed by atoms with Crippen LogP contribution in [0, 0.1) is 0 Å². The first-order valence-corrected chi connectivity index (χ1v) is 6.40. The molecule has 3 N–H and O–H groups in total. The van der Waals surface area contributed by atoms with Crippen molar-refractivity contribution in [2.45, 2.75) is 33.2 Å². The standard InChI is InChI=1S/C12H23N3O4/c1-4-15(5-2)11(17)6-7-13-8-10(12(18)19)14-9(3)16/h10,13H,4-8H2,1-3H3,(H,14,16)(H,18,19). The van der Waals surface area contributed by atoms with Crippen LogP contribution in [0.5, 0.6) is 0 Å². The number of rotatable bonds is 9. The van der Waals surface area contributed by atoms with Gasteiger partial charge in [-0.15, -0.1) is 0 Å². The molecule has 0 fully saturated rings. The van der Waals surface area contributed by atoms with Crippen molar-refractivity contribution in [3.05, 3.63) is 0 Å². The zero-order valence-corrected chi connectivity index (χ0v) is 11.7. The maximum Gasteiger partial charge on any atom is 0.327 e. The number of carbonyl (C=O) groups is 3. The summed E-state index contributed by atoms with van der Waals surface area (Å²) in [5.41, 5.74) is 0. The highest BCUT2D eigenvalue weighted by Gasteiger charge is 2.17. The molecule has 0 saturated carbocycles. The lowest BCUT2D eigenvalue weighted by Gasteiger charge is -2.19. The molecule has 7 nitrogen and oxygen atoms in total. The van der Waals surface area contributed by atoms with Crippen molar-refractivity contribution in [3.8, 4) is 0 Å². The SMILES string of the molecule is CCN(CC)C(=O)CCNCC(NC(C)=O)C(=O)O. The van der Waals surface area contributed by atoms with Gasteiger partial charge in [-0.25, -0.2) is 4.79 Å². The van der Waals surface area contributed by atoms with Crippen molar-refractivity contribution >= 4 is 17.8 Å². The molecule has 19 heavy (non-hydrogen) atoms. The predicted octanol–water partition coefficient (Wildman–Crippen LogP) is -0.576. The van der Waals surface area contributed by atoms with Gasteiger partial charge in [0.15, 0.2) is 0 Å². The van der Waals surface area contributed by atoms with Gasteiger partial charge in [0.25, 0.3) is 0 Å². The van der Waals surface area contributed by atoms with E-state index in [-0.39, 0.29) is 12.5 Å². The first-order valence-electron chi connectivity index (χ1n) is 6.40. The Morgan fingerprint density at radius 3 is 2.21 bits per heavy atom. The summed E-state index contributed by atoms with van der Waals surface area (Å²) in [6.07, 6.45) is 0.314. The lowest BCUT2D eigenvalue weighted by atomic mass is 10.2. The summed E-state index contributed by atoms with van der Waals surface area (Å²) in [6, 6.07) is -0.971. The van der Waals surface area contributed by atoms with Gasteiger partial charge in [0.1, 0.15) is 6.04 Å². The van der Waals surface area contributed by atoms with Crippen LogP contribution in [0.25, 0.3) is 0 Å². The van der Waals surface area contributed by atoms with Crippen molar-refractivity contribution in [1.82, 2.24) is 15.5 Å². The predicted molar refractivity (Wildman–Crippen MR) is 70.7 cm³/mol. The number of amides is 2. The molecule has 0 heterocycles. The molecule has 2 amide bonds. The molecule has 0 spiro atoms. The van der Waals surface area contributed by atoms with Crippen LogP contribution in [0.4, 0.5) is 0 Å². The van der Waals surface area contributed by atoms with Gasteiger partial charge in [-0.1, -0.05) is 0 Å². The van der Waals surface area contributed by atoms with Crippen LogP contribution in [0.15, 0.2) is 0 Å². The van der Waals surface area contributed by atoms with Gasteiger partial charge in [0.2, 0.25) is 11.8 Å². The van der Waals surface area contributed by atoms with E-state index < -0.39 is 17.9 Å². The minimum absolute atomic E-state index is 0.0314. The highest BCUT2D eigenvalue weighted by Crippen LogP contribution is 1.93. The van der Waals surface area contributed by atoms with Crippen LogP contribution in [0.2, 0.25) is 0 Å².